The number of benzene rings is 1. The van der Waals surface area contributed by atoms with E-state index >= 15 is 0 Å². The highest BCUT2D eigenvalue weighted by Crippen LogP contribution is 2.36. The number of hydrogen-bond donors (Lipinski definition) is 1. The lowest BCUT2D eigenvalue weighted by atomic mass is 9.77. The molecule has 20 heavy (non-hydrogen) atoms. The van der Waals surface area contributed by atoms with E-state index < -0.39 is 30.1 Å². The Bertz CT molecular complexity index is 526. The summed E-state index contributed by atoms with van der Waals surface area (Å²) >= 11 is 0. The Morgan fingerprint density at radius 2 is 1.80 bits per heavy atom. The van der Waals surface area contributed by atoms with E-state index in [1.165, 1.54) is 18.2 Å². The van der Waals surface area contributed by atoms with Crippen LogP contribution in [-0.2, 0) is 20.5 Å². The molecule has 0 unspecified atom stereocenters. The van der Waals surface area contributed by atoms with Crippen molar-refractivity contribution in [1.82, 2.24) is 0 Å². The Labute approximate surface area is 118 Å². The van der Waals surface area contributed by atoms with Crippen molar-refractivity contribution in [2.24, 2.45) is 0 Å². The van der Waals surface area contributed by atoms with Gasteiger partial charge in [0.05, 0.1) is 17.6 Å². The summed E-state index contributed by atoms with van der Waals surface area (Å²) < 4.78 is 25.5. The predicted octanol–water partition coefficient (Wildman–Crippen LogP) is 1.75. The fourth-order valence-corrected chi connectivity index (χ4v) is 2.03. The van der Waals surface area contributed by atoms with E-state index in [-0.39, 0.29) is 11.9 Å². The molecule has 0 bridgehead atoms. The summed E-state index contributed by atoms with van der Waals surface area (Å²) in [6.07, 6.45) is -0.160. The standard InChI is InChI=1S/C14H18BFO4/c1-13(2)14(3,4)20-15(19-13)10-7-9(8-12(17)18)5-6-11(10)16/h5-7H,8H2,1-4H3,(H,17,18). The summed E-state index contributed by atoms with van der Waals surface area (Å²) in [7, 11) is -0.825. The first kappa shape index (κ1) is 15.0. The highest BCUT2D eigenvalue weighted by atomic mass is 19.1. The van der Waals surface area contributed by atoms with Gasteiger partial charge in [-0.2, -0.15) is 0 Å². The summed E-state index contributed by atoms with van der Waals surface area (Å²) in [5.74, 6) is -1.42. The summed E-state index contributed by atoms with van der Waals surface area (Å²) in [4.78, 5) is 10.7. The monoisotopic (exact) mass is 280 g/mol. The summed E-state index contributed by atoms with van der Waals surface area (Å²) in [6, 6.07) is 4.20. The molecule has 1 aliphatic rings. The topological polar surface area (TPSA) is 55.8 Å². The molecule has 1 heterocycles. The molecule has 0 radical (unpaired) electrons. The fourth-order valence-electron chi connectivity index (χ4n) is 2.03. The van der Waals surface area contributed by atoms with Crippen LogP contribution in [-0.4, -0.2) is 29.4 Å². The first-order valence-electron chi connectivity index (χ1n) is 6.48. The number of aliphatic carboxylic acids is 1. The number of rotatable bonds is 3. The van der Waals surface area contributed by atoms with Crippen LogP contribution in [0.1, 0.15) is 33.3 Å². The Morgan fingerprint density at radius 3 is 2.30 bits per heavy atom. The van der Waals surface area contributed by atoms with Crippen molar-refractivity contribution in [3.8, 4) is 0 Å². The van der Waals surface area contributed by atoms with Gasteiger partial charge in [-0.3, -0.25) is 4.79 Å². The second-order valence-electron chi connectivity index (χ2n) is 6.01. The van der Waals surface area contributed by atoms with Crippen molar-refractivity contribution in [3.63, 3.8) is 0 Å². The third-order valence-corrected chi connectivity index (χ3v) is 3.92. The number of halogens is 1. The van der Waals surface area contributed by atoms with Gasteiger partial charge < -0.3 is 14.4 Å². The van der Waals surface area contributed by atoms with Gasteiger partial charge in [-0.05, 0) is 39.3 Å². The molecule has 108 valence electrons. The normalized spacial score (nSPS) is 20.1. The average Bonchev–Trinajstić information content (AvgIpc) is 2.50. The molecule has 1 N–H and O–H groups in total. The zero-order valence-electron chi connectivity index (χ0n) is 12.1. The SMILES string of the molecule is CC1(C)OB(c2cc(CC(=O)O)ccc2F)OC1(C)C. The Kier molecular flexibility index (Phi) is 3.65. The van der Waals surface area contributed by atoms with Crippen molar-refractivity contribution in [1.29, 1.82) is 0 Å². The first-order chi connectivity index (χ1) is 9.12. The Hall–Kier alpha value is -1.40. The molecule has 0 aromatic heterocycles. The zero-order chi connectivity index (χ0) is 15.1. The zero-order valence-corrected chi connectivity index (χ0v) is 12.1. The maximum atomic E-state index is 14.0. The maximum Gasteiger partial charge on any atom is 0.497 e. The molecule has 4 nitrogen and oxygen atoms in total. The third-order valence-electron chi connectivity index (χ3n) is 3.92. The molecule has 1 aromatic rings. The first-order valence-corrected chi connectivity index (χ1v) is 6.48. The van der Waals surface area contributed by atoms with Gasteiger partial charge >= 0.3 is 13.1 Å². The highest BCUT2D eigenvalue weighted by Gasteiger charge is 2.52. The molecule has 1 fully saturated rings. The van der Waals surface area contributed by atoms with Gasteiger partial charge in [-0.15, -0.1) is 0 Å². The molecule has 6 heteroatoms. The number of hydrogen-bond acceptors (Lipinski definition) is 3. The summed E-state index contributed by atoms with van der Waals surface area (Å²) in [5, 5.41) is 8.80. The molecule has 1 aliphatic heterocycles. The minimum atomic E-state index is -0.962. The Balaban J connectivity index is 2.32. The van der Waals surface area contributed by atoms with Crippen LogP contribution in [0.2, 0.25) is 0 Å². The molecule has 1 aromatic carbocycles. The lowest BCUT2D eigenvalue weighted by Gasteiger charge is -2.32. The van der Waals surface area contributed by atoms with Crippen LogP contribution in [0.25, 0.3) is 0 Å². The minimum absolute atomic E-state index is 0.160. The molecule has 0 atom stereocenters. The van der Waals surface area contributed by atoms with Crippen LogP contribution in [0.5, 0.6) is 0 Å². The van der Waals surface area contributed by atoms with Crippen LogP contribution < -0.4 is 5.46 Å². The van der Waals surface area contributed by atoms with E-state index in [9.17, 15) is 9.18 Å². The van der Waals surface area contributed by atoms with Crippen LogP contribution in [0.15, 0.2) is 18.2 Å². The summed E-state index contributed by atoms with van der Waals surface area (Å²) in [6.45, 7) is 7.52. The summed E-state index contributed by atoms with van der Waals surface area (Å²) in [5.41, 5.74) is -0.370. The smallest absolute Gasteiger partial charge is 0.481 e. The van der Waals surface area contributed by atoms with Crippen molar-refractivity contribution in [3.05, 3.63) is 29.6 Å². The number of carboxylic acids is 1. The second kappa shape index (κ2) is 4.86. The van der Waals surface area contributed by atoms with Crippen LogP contribution >= 0.6 is 0 Å². The van der Waals surface area contributed by atoms with Crippen LogP contribution in [0.3, 0.4) is 0 Å². The third kappa shape index (κ3) is 2.71. The molecule has 2 rings (SSSR count). The van der Waals surface area contributed by atoms with Gasteiger partial charge in [0, 0.05) is 5.46 Å². The highest BCUT2D eigenvalue weighted by molar-refractivity contribution is 6.62. The largest absolute Gasteiger partial charge is 0.497 e. The van der Waals surface area contributed by atoms with E-state index in [4.69, 9.17) is 14.4 Å². The van der Waals surface area contributed by atoms with Gasteiger partial charge in [0.1, 0.15) is 5.82 Å². The number of carboxylic acid groups (broad SMARTS) is 1. The van der Waals surface area contributed by atoms with Crippen molar-refractivity contribution in [2.75, 3.05) is 0 Å². The minimum Gasteiger partial charge on any atom is -0.481 e. The average molecular weight is 280 g/mol. The van der Waals surface area contributed by atoms with Crippen molar-refractivity contribution >= 4 is 18.6 Å². The molecule has 0 amide bonds. The van der Waals surface area contributed by atoms with Crippen molar-refractivity contribution in [2.45, 2.75) is 45.3 Å². The van der Waals surface area contributed by atoms with E-state index in [2.05, 4.69) is 0 Å². The fraction of sp³-hybridized carbons (Fsp3) is 0.500. The van der Waals surface area contributed by atoms with Gasteiger partial charge in [0.2, 0.25) is 0 Å². The van der Waals surface area contributed by atoms with Crippen LogP contribution in [0.4, 0.5) is 4.39 Å². The molecule has 0 aliphatic carbocycles. The molecule has 1 saturated heterocycles. The lowest BCUT2D eigenvalue weighted by molar-refractivity contribution is -0.136. The van der Waals surface area contributed by atoms with E-state index in [1.54, 1.807) is 0 Å². The molecular formula is C14H18BFO4. The van der Waals surface area contributed by atoms with E-state index in [1.807, 2.05) is 27.7 Å². The van der Waals surface area contributed by atoms with Crippen molar-refractivity contribution < 1.29 is 23.6 Å². The van der Waals surface area contributed by atoms with E-state index in [0.29, 0.717) is 5.56 Å². The molecular weight excluding hydrogens is 262 g/mol. The maximum absolute atomic E-state index is 14.0. The second-order valence-corrected chi connectivity index (χ2v) is 6.01. The molecule has 0 spiro atoms. The van der Waals surface area contributed by atoms with Gasteiger partial charge in [0.25, 0.3) is 0 Å². The van der Waals surface area contributed by atoms with Gasteiger partial charge in [-0.1, -0.05) is 12.1 Å². The predicted molar refractivity (Wildman–Crippen MR) is 73.5 cm³/mol. The lowest BCUT2D eigenvalue weighted by Crippen LogP contribution is -2.41. The molecule has 0 saturated carbocycles. The van der Waals surface area contributed by atoms with Crippen LogP contribution in [0, 0.1) is 5.82 Å². The van der Waals surface area contributed by atoms with Gasteiger partial charge in [-0.25, -0.2) is 4.39 Å². The van der Waals surface area contributed by atoms with Gasteiger partial charge in [0.15, 0.2) is 0 Å². The number of carbonyl (C=O) groups is 1. The quantitative estimate of drug-likeness (QED) is 0.857. The van der Waals surface area contributed by atoms with E-state index in [0.717, 1.165) is 0 Å². The Morgan fingerprint density at radius 1 is 1.25 bits per heavy atom.